The van der Waals surface area contributed by atoms with E-state index in [2.05, 4.69) is 0 Å². The van der Waals surface area contributed by atoms with Crippen molar-refractivity contribution in [2.45, 2.75) is 26.7 Å². The lowest BCUT2D eigenvalue weighted by atomic mass is 10.0. The molecule has 0 saturated heterocycles. The fourth-order valence-electron chi connectivity index (χ4n) is 2.49. The van der Waals surface area contributed by atoms with Crippen molar-refractivity contribution in [1.82, 2.24) is 0 Å². The normalized spacial score (nSPS) is 10.2. The van der Waals surface area contributed by atoms with Gasteiger partial charge < -0.3 is 14.2 Å². The highest BCUT2D eigenvalue weighted by molar-refractivity contribution is 5.98. The summed E-state index contributed by atoms with van der Waals surface area (Å²) >= 11 is 0. The number of rotatable bonds is 8. The van der Waals surface area contributed by atoms with Gasteiger partial charge in [0.2, 0.25) is 0 Å². The Bertz CT molecular complexity index is 737. The molecule has 0 fully saturated rings. The molecule has 0 saturated carbocycles. The van der Waals surface area contributed by atoms with Gasteiger partial charge in [-0.1, -0.05) is 31.5 Å². The molecule has 0 N–H and O–H groups in total. The molecule has 5 nitrogen and oxygen atoms in total. The van der Waals surface area contributed by atoms with Gasteiger partial charge in [0, 0.05) is 5.56 Å². The summed E-state index contributed by atoms with van der Waals surface area (Å²) in [6.07, 6.45) is 2.49. The first kappa shape index (κ1) is 18.5. The summed E-state index contributed by atoms with van der Waals surface area (Å²) < 4.78 is 16.5. The molecule has 5 heteroatoms. The molecule has 0 unspecified atom stereocenters. The van der Waals surface area contributed by atoms with Crippen molar-refractivity contribution < 1.29 is 23.8 Å². The predicted octanol–water partition coefficient (Wildman–Crippen LogP) is 4.21. The van der Waals surface area contributed by atoms with Crippen LogP contribution in [0.5, 0.6) is 17.2 Å². The van der Waals surface area contributed by atoms with E-state index in [1.165, 1.54) is 13.2 Å². The SMILES string of the molecule is CCCCOc1cc(C=O)c(OC)c(C)c1C(=O)Oc1ccccc1. The molecule has 0 aliphatic carbocycles. The molecule has 2 aromatic carbocycles. The molecule has 0 spiro atoms. The average Bonchev–Trinajstić information content (AvgIpc) is 2.62. The van der Waals surface area contributed by atoms with E-state index >= 15 is 0 Å². The smallest absolute Gasteiger partial charge is 0.347 e. The van der Waals surface area contributed by atoms with Gasteiger partial charge in [-0.05, 0) is 31.5 Å². The van der Waals surface area contributed by atoms with Crippen LogP contribution in [0, 0.1) is 6.92 Å². The third-order valence-electron chi connectivity index (χ3n) is 3.76. The van der Waals surface area contributed by atoms with E-state index in [0.717, 1.165) is 12.8 Å². The first-order valence-electron chi connectivity index (χ1n) is 8.19. The number of aldehydes is 1. The maximum atomic E-state index is 12.7. The Balaban J connectivity index is 2.44. The number of unbranched alkanes of at least 4 members (excludes halogenated alkanes) is 1. The molecule has 0 radical (unpaired) electrons. The molecule has 0 amide bonds. The zero-order valence-corrected chi connectivity index (χ0v) is 14.7. The van der Waals surface area contributed by atoms with Crippen molar-refractivity contribution in [1.29, 1.82) is 0 Å². The van der Waals surface area contributed by atoms with Crippen LogP contribution in [0.15, 0.2) is 36.4 Å². The molecule has 132 valence electrons. The minimum Gasteiger partial charge on any atom is -0.496 e. The molecule has 0 heterocycles. The third-order valence-corrected chi connectivity index (χ3v) is 3.76. The fraction of sp³-hybridized carbons (Fsp3) is 0.300. The van der Waals surface area contributed by atoms with Crippen LogP contribution in [0.1, 0.15) is 46.0 Å². The monoisotopic (exact) mass is 342 g/mol. The third kappa shape index (κ3) is 4.38. The molecule has 0 aromatic heterocycles. The van der Waals surface area contributed by atoms with E-state index in [1.807, 2.05) is 13.0 Å². The Labute approximate surface area is 147 Å². The van der Waals surface area contributed by atoms with Crippen LogP contribution in [0.2, 0.25) is 0 Å². The summed E-state index contributed by atoms with van der Waals surface area (Å²) in [6, 6.07) is 10.3. The maximum Gasteiger partial charge on any atom is 0.347 e. The molecular formula is C20H22O5. The van der Waals surface area contributed by atoms with Crippen molar-refractivity contribution in [3.63, 3.8) is 0 Å². The second kappa shape index (κ2) is 8.87. The van der Waals surface area contributed by atoms with Crippen LogP contribution in [0.4, 0.5) is 0 Å². The second-order valence-electron chi connectivity index (χ2n) is 5.52. The zero-order valence-electron chi connectivity index (χ0n) is 14.7. The van der Waals surface area contributed by atoms with Crippen LogP contribution in [0.25, 0.3) is 0 Å². The summed E-state index contributed by atoms with van der Waals surface area (Å²) in [7, 11) is 1.46. The lowest BCUT2D eigenvalue weighted by molar-refractivity contribution is 0.0728. The Morgan fingerprint density at radius 3 is 2.52 bits per heavy atom. The summed E-state index contributed by atoms with van der Waals surface area (Å²) in [6.45, 7) is 4.20. The number of methoxy groups -OCH3 is 1. The van der Waals surface area contributed by atoms with E-state index in [0.29, 0.717) is 41.3 Å². The number of ether oxygens (including phenoxy) is 3. The van der Waals surface area contributed by atoms with E-state index in [1.54, 1.807) is 31.2 Å². The Morgan fingerprint density at radius 2 is 1.92 bits per heavy atom. The topological polar surface area (TPSA) is 61.8 Å². The molecule has 2 aromatic rings. The summed E-state index contributed by atoms with van der Waals surface area (Å²) in [5, 5.41) is 0. The van der Waals surface area contributed by atoms with Crippen molar-refractivity contribution in [2.75, 3.05) is 13.7 Å². The maximum absolute atomic E-state index is 12.7. The molecule has 0 aliphatic heterocycles. The average molecular weight is 342 g/mol. The lowest BCUT2D eigenvalue weighted by Gasteiger charge is -2.17. The quantitative estimate of drug-likeness (QED) is 0.311. The number of hydrogen-bond acceptors (Lipinski definition) is 5. The van der Waals surface area contributed by atoms with Crippen LogP contribution in [-0.2, 0) is 0 Å². The number of hydrogen-bond donors (Lipinski definition) is 0. The molecule has 25 heavy (non-hydrogen) atoms. The molecule has 0 atom stereocenters. The zero-order chi connectivity index (χ0) is 18.2. The van der Waals surface area contributed by atoms with Gasteiger partial charge in [-0.15, -0.1) is 0 Å². The van der Waals surface area contributed by atoms with Gasteiger partial charge in [-0.25, -0.2) is 4.79 Å². The predicted molar refractivity (Wildman–Crippen MR) is 94.9 cm³/mol. The number of esters is 1. The van der Waals surface area contributed by atoms with Crippen molar-refractivity contribution in [3.05, 3.63) is 53.1 Å². The van der Waals surface area contributed by atoms with Gasteiger partial charge in [0.15, 0.2) is 6.29 Å². The van der Waals surface area contributed by atoms with E-state index in [9.17, 15) is 9.59 Å². The van der Waals surface area contributed by atoms with Gasteiger partial charge in [-0.3, -0.25) is 4.79 Å². The second-order valence-corrected chi connectivity index (χ2v) is 5.52. The minimum atomic E-state index is -0.550. The lowest BCUT2D eigenvalue weighted by Crippen LogP contribution is -2.15. The summed E-state index contributed by atoms with van der Waals surface area (Å²) in [5.41, 5.74) is 1.12. The molecule has 0 aliphatic rings. The Morgan fingerprint density at radius 1 is 1.20 bits per heavy atom. The van der Waals surface area contributed by atoms with Gasteiger partial charge in [0.05, 0.1) is 19.3 Å². The van der Waals surface area contributed by atoms with E-state index in [-0.39, 0.29) is 5.56 Å². The van der Waals surface area contributed by atoms with Crippen molar-refractivity contribution in [3.8, 4) is 17.2 Å². The highest BCUT2D eigenvalue weighted by Crippen LogP contribution is 2.34. The number of para-hydroxylation sites is 1. The largest absolute Gasteiger partial charge is 0.496 e. The fourth-order valence-corrected chi connectivity index (χ4v) is 2.49. The highest BCUT2D eigenvalue weighted by Gasteiger charge is 2.24. The molecule has 2 rings (SSSR count). The Hall–Kier alpha value is -2.82. The number of carbonyl (C=O) groups is 2. The van der Waals surface area contributed by atoms with Crippen LogP contribution < -0.4 is 14.2 Å². The first-order chi connectivity index (χ1) is 12.1. The van der Waals surface area contributed by atoms with Crippen LogP contribution >= 0.6 is 0 Å². The van der Waals surface area contributed by atoms with Crippen molar-refractivity contribution >= 4 is 12.3 Å². The van der Waals surface area contributed by atoms with Crippen LogP contribution in [0.3, 0.4) is 0 Å². The minimum absolute atomic E-state index is 0.266. The molecule has 0 bridgehead atoms. The first-order valence-corrected chi connectivity index (χ1v) is 8.19. The van der Waals surface area contributed by atoms with Crippen LogP contribution in [-0.4, -0.2) is 26.0 Å². The van der Waals surface area contributed by atoms with E-state index < -0.39 is 5.97 Å². The van der Waals surface area contributed by atoms with Gasteiger partial charge >= 0.3 is 5.97 Å². The van der Waals surface area contributed by atoms with E-state index in [4.69, 9.17) is 14.2 Å². The summed E-state index contributed by atoms with van der Waals surface area (Å²) in [4.78, 5) is 24.1. The standard InChI is InChI=1S/C20H22O5/c1-4-5-11-24-17-12-15(13-21)19(23-3)14(2)18(17)20(22)25-16-9-7-6-8-10-16/h6-10,12-13H,4-5,11H2,1-3H3. The molecular weight excluding hydrogens is 320 g/mol. The Kier molecular flexibility index (Phi) is 6.57. The summed E-state index contributed by atoms with van der Waals surface area (Å²) in [5.74, 6) is 0.559. The van der Waals surface area contributed by atoms with Gasteiger partial charge in [0.1, 0.15) is 22.8 Å². The van der Waals surface area contributed by atoms with Gasteiger partial charge in [0.25, 0.3) is 0 Å². The number of carbonyl (C=O) groups excluding carboxylic acids is 2. The number of benzene rings is 2. The van der Waals surface area contributed by atoms with Crippen molar-refractivity contribution in [2.24, 2.45) is 0 Å². The van der Waals surface area contributed by atoms with Gasteiger partial charge in [-0.2, -0.15) is 0 Å². The highest BCUT2D eigenvalue weighted by atomic mass is 16.5.